The number of hydrogen-bond donors (Lipinski definition) is 0. The Morgan fingerprint density at radius 1 is 0.306 bits per heavy atom. The summed E-state index contributed by atoms with van der Waals surface area (Å²) in [5.41, 5.74) is 12.9. The van der Waals surface area contributed by atoms with Gasteiger partial charge in [0.1, 0.15) is 0 Å². The fourth-order valence-electron chi connectivity index (χ4n) is 8.94. The molecule has 0 aliphatic heterocycles. The summed E-state index contributed by atoms with van der Waals surface area (Å²) < 4.78 is 5.01. The highest BCUT2D eigenvalue weighted by molar-refractivity contribution is 7.25. The second kappa shape index (κ2) is 14.9. The average Bonchev–Trinajstić information content (AvgIpc) is 3.90. The van der Waals surface area contributed by atoms with Crippen LogP contribution >= 0.6 is 11.3 Å². The van der Waals surface area contributed by atoms with Gasteiger partial charge in [-0.15, -0.1) is 11.3 Å². The average molecular weight is 809 g/mol. The summed E-state index contributed by atoms with van der Waals surface area (Å²) in [5.74, 6) is 1.84. The minimum Gasteiger partial charge on any atom is -0.309 e. The molecular weight excluding hydrogens is 773 g/mol. The molecular formula is C57H36N4S. The predicted molar refractivity (Wildman–Crippen MR) is 260 cm³/mol. The smallest absolute Gasteiger partial charge is 0.164 e. The van der Waals surface area contributed by atoms with E-state index in [1.54, 1.807) is 0 Å². The lowest BCUT2D eigenvalue weighted by Gasteiger charge is -2.20. The number of rotatable bonds is 7. The lowest BCUT2D eigenvalue weighted by molar-refractivity contribution is 1.07. The number of aromatic nitrogens is 4. The van der Waals surface area contributed by atoms with Crippen molar-refractivity contribution in [3.05, 3.63) is 218 Å². The third-order valence-corrected chi connectivity index (χ3v) is 13.0. The van der Waals surface area contributed by atoms with Crippen molar-refractivity contribution in [2.24, 2.45) is 0 Å². The summed E-state index contributed by atoms with van der Waals surface area (Å²) in [7, 11) is 0. The molecule has 0 aliphatic rings. The molecule has 0 atom stereocenters. The van der Waals surface area contributed by atoms with Crippen LogP contribution in [-0.4, -0.2) is 19.5 Å². The van der Waals surface area contributed by atoms with Gasteiger partial charge >= 0.3 is 0 Å². The van der Waals surface area contributed by atoms with Crippen molar-refractivity contribution >= 4 is 53.3 Å². The molecule has 0 amide bonds. The fraction of sp³-hybridized carbons (Fsp3) is 0. The summed E-state index contributed by atoms with van der Waals surface area (Å²) >= 11 is 1.84. The van der Waals surface area contributed by atoms with Crippen LogP contribution in [-0.2, 0) is 0 Å². The van der Waals surface area contributed by atoms with E-state index in [1.807, 2.05) is 29.5 Å². The normalized spacial score (nSPS) is 11.5. The van der Waals surface area contributed by atoms with Crippen molar-refractivity contribution in [2.45, 2.75) is 0 Å². The van der Waals surface area contributed by atoms with Gasteiger partial charge < -0.3 is 4.57 Å². The first kappa shape index (κ1) is 35.9. The highest BCUT2D eigenvalue weighted by Crippen LogP contribution is 2.44. The first-order valence-corrected chi connectivity index (χ1v) is 21.7. The van der Waals surface area contributed by atoms with Crippen molar-refractivity contribution in [1.29, 1.82) is 0 Å². The topological polar surface area (TPSA) is 43.6 Å². The van der Waals surface area contributed by atoms with Crippen molar-refractivity contribution in [2.75, 3.05) is 0 Å². The van der Waals surface area contributed by atoms with E-state index in [9.17, 15) is 0 Å². The van der Waals surface area contributed by atoms with E-state index in [0.717, 1.165) is 61.2 Å². The number of fused-ring (bicyclic) bond motifs is 6. The van der Waals surface area contributed by atoms with Crippen LogP contribution in [0.25, 0.3) is 115 Å². The van der Waals surface area contributed by atoms with Crippen molar-refractivity contribution in [3.8, 4) is 73.2 Å². The lowest BCUT2D eigenvalue weighted by Crippen LogP contribution is -2.03. The molecule has 3 aromatic heterocycles. The van der Waals surface area contributed by atoms with Crippen LogP contribution in [0.3, 0.4) is 0 Å². The number of benzene rings is 9. The molecule has 0 radical (unpaired) electrons. The van der Waals surface area contributed by atoms with E-state index in [4.69, 9.17) is 15.0 Å². The third-order valence-electron chi connectivity index (χ3n) is 11.9. The molecule has 0 saturated heterocycles. The van der Waals surface area contributed by atoms with Crippen LogP contribution in [0.2, 0.25) is 0 Å². The first-order chi connectivity index (χ1) is 30.7. The molecule has 0 fully saturated rings. The Bertz CT molecular complexity index is 3560. The molecule has 290 valence electrons. The van der Waals surface area contributed by atoms with E-state index in [-0.39, 0.29) is 0 Å². The maximum Gasteiger partial charge on any atom is 0.164 e. The number of hydrogen-bond acceptors (Lipinski definition) is 4. The van der Waals surface area contributed by atoms with E-state index in [1.165, 1.54) is 36.5 Å². The van der Waals surface area contributed by atoms with E-state index in [0.29, 0.717) is 17.5 Å². The van der Waals surface area contributed by atoms with Crippen LogP contribution in [0.15, 0.2) is 218 Å². The Morgan fingerprint density at radius 3 is 1.42 bits per heavy atom. The van der Waals surface area contributed by atoms with Gasteiger partial charge in [-0.3, -0.25) is 0 Å². The van der Waals surface area contributed by atoms with E-state index in [2.05, 4.69) is 205 Å². The number of para-hydroxylation sites is 2. The van der Waals surface area contributed by atoms with Crippen molar-refractivity contribution in [1.82, 2.24) is 19.5 Å². The van der Waals surface area contributed by atoms with Crippen LogP contribution < -0.4 is 0 Å². The van der Waals surface area contributed by atoms with Gasteiger partial charge in [0.25, 0.3) is 0 Å². The van der Waals surface area contributed by atoms with Gasteiger partial charge in [0.2, 0.25) is 0 Å². The SMILES string of the molecule is c1ccc(-c2nc(-c3ccc(-c4ccc5c(c4)sc4ccccc45)cc3)nc(-c3cc(-c4ccccc4)c(-c4ccccc4)c(-n4c5ccccc5c5ccccc54)c3)n2)cc1. The molecule has 0 unspecified atom stereocenters. The molecule has 0 aliphatic carbocycles. The van der Waals surface area contributed by atoms with Crippen molar-refractivity contribution in [3.63, 3.8) is 0 Å². The monoisotopic (exact) mass is 808 g/mol. The van der Waals surface area contributed by atoms with Gasteiger partial charge in [-0.05, 0) is 64.2 Å². The summed E-state index contributed by atoms with van der Waals surface area (Å²) in [6, 6.07) is 77.5. The Balaban J connectivity index is 1.08. The van der Waals surface area contributed by atoms with E-state index < -0.39 is 0 Å². The Morgan fingerprint density at radius 2 is 0.774 bits per heavy atom. The van der Waals surface area contributed by atoms with Crippen LogP contribution in [0, 0.1) is 0 Å². The molecule has 12 aromatic rings. The summed E-state index contributed by atoms with van der Waals surface area (Å²) in [5, 5.41) is 5.01. The summed E-state index contributed by atoms with van der Waals surface area (Å²) in [6.07, 6.45) is 0. The largest absolute Gasteiger partial charge is 0.309 e. The van der Waals surface area contributed by atoms with Crippen LogP contribution in [0.5, 0.6) is 0 Å². The fourth-order valence-corrected chi connectivity index (χ4v) is 10.1. The first-order valence-electron chi connectivity index (χ1n) is 20.8. The molecule has 0 spiro atoms. The molecule has 4 nitrogen and oxygen atoms in total. The Hall–Kier alpha value is -7.99. The lowest BCUT2D eigenvalue weighted by atomic mass is 9.90. The zero-order chi connectivity index (χ0) is 41.0. The van der Waals surface area contributed by atoms with Gasteiger partial charge in [0.15, 0.2) is 17.5 Å². The second-order valence-corrected chi connectivity index (χ2v) is 16.7. The molecule has 5 heteroatoms. The van der Waals surface area contributed by atoms with Crippen LogP contribution in [0.4, 0.5) is 0 Å². The molecule has 62 heavy (non-hydrogen) atoms. The summed E-state index contributed by atoms with van der Waals surface area (Å²) in [4.78, 5) is 15.7. The highest BCUT2D eigenvalue weighted by atomic mass is 32.1. The number of nitrogens with zero attached hydrogens (tertiary/aromatic N) is 4. The third kappa shape index (κ3) is 6.18. The zero-order valence-corrected chi connectivity index (χ0v) is 34.3. The van der Waals surface area contributed by atoms with Gasteiger partial charge in [-0.2, -0.15) is 0 Å². The molecule has 12 rings (SSSR count). The van der Waals surface area contributed by atoms with Crippen molar-refractivity contribution < 1.29 is 0 Å². The van der Waals surface area contributed by atoms with Crippen LogP contribution in [0.1, 0.15) is 0 Å². The van der Waals surface area contributed by atoms with E-state index >= 15 is 0 Å². The zero-order valence-electron chi connectivity index (χ0n) is 33.5. The predicted octanol–water partition coefficient (Wildman–Crippen LogP) is 15.3. The maximum atomic E-state index is 5.32. The standard InChI is InChI=1S/C57H36N4S/c1-4-16-38(17-5-1)48-34-43(35-51(54(48)39-18-6-2-7-19-39)61-49-25-13-10-22-44(49)45-23-11-14-26-50(45)61)57-59-55(40-20-8-3-9-21-40)58-56(60-57)41-30-28-37(29-31-41)42-32-33-47-46-24-12-15-27-52(46)62-53(47)36-42/h1-36H. The maximum absolute atomic E-state index is 5.32. The van der Waals surface area contributed by atoms with Gasteiger partial charge in [0.05, 0.1) is 16.7 Å². The molecule has 0 bridgehead atoms. The quantitative estimate of drug-likeness (QED) is 0.161. The summed E-state index contributed by atoms with van der Waals surface area (Å²) in [6.45, 7) is 0. The molecule has 0 N–H and O–H groups in total. The molecule has 9 aromatic carbocycles. The Labute approximate surface area is 362 Å². The molecule has 0 saturated carbocycles. The van der Waals surface area contributed by atoms with Gasteiger partial charge in [-0.1, -0.05) is 182 Å². The minimum absolute atomic E-state index is 0.604. The second-order valence-electron chi connectivity index (χ2n) is 15.6. The Kier molecular flexibility index (Phi) is 8.65. The molecule has 3 heterocycles. The number of thiophene rings is 1. The minimum atomic E-state index is 0.604. The highest BCUT2D eigenvalue weighted by Gasteiger charge is 2.22. The van der Waals surface area contributed by atoms with Gasteiger partial charge in [0, 0.05) is 53.2 Å². The van der Waals surface area contributed by atoms with Gasteiger partial charge in [-0.25, -0.2) is 15.0 Å².